The minimum Gasteiger partial charge on any atom is -0.345 e. The Hall–Kier alpha value is -2.96. The van der Waals surface area contributed by atoms with Crippen molar-refractivity contribution in [1.82, 2.24) is 9.97 Å². The lowest BCUT2D eigenvalue weighted by molar-refractivity contribution is 0.104. The zero-order chi connectivity index (χ0) is 22.0. The van der Waals surface area contributed by atoms with Crippen molar-refractivity contribution >= 4 is 45.1 Å². The molecule has 0 aliphatic rings. The van der Waals surface area contributed by atoms with Crippen LogP contribution in [0.4, 0.5) is 5.69 Å². The van der Waals surface area contributed by atoms with Crippen LogP contribution in [0.25, 0.3) is 22.2 Å². The number of rotatable bonds is 7. The van der Waals surface area contributed by atoms with Crippen LogP contribution >= 0.6 is 11.6 Å². The molecule has 1 unspecified atom stereocenters. The Morgan fingerprint density at radius 1 is 1.10 bits per heavy atom. The number of carbonyl (C=O) groups excluding carboxylic acids is 1. The van der Waals surface area contributed by atoms with Crippen molar-refractivity contribution in [2.75, 3.05) is 10.5 Å². The van der Waals surface area contributed by atoms with E-state index in [1.54, 1.807) is 18.5 Å². The molecule has 0 radical (unpaired) electrons. The van der Waals surface area contributed by atoms with Crippen LogP contribution in [0.1, 0.15) is 34.8 Å². The maximum Gasteiger partial charge on any atom is 0.195 e. The Kier molecular flexibility index (Phi) is 6.20. The first-order valence-corrected chi connectivity index (χ1v) is 11.7. The number of ketones is 1. The molecule has 31 heavy (non-hydrogen) atoms. The van der Waals surface area contributed by atoms with Crippen molar-refractivity contribution in [3.8, 4) is 11.1 Å². The predicted octanol–water partition coefficient (Wildman–Crippen LogP) is 5.91. The van der Waals surface area contributed by atoms with E-state index in [-0.39, 0.29) is 5.78 Å². The Morgan fingerprint density at radius 2 is 1.87 bits per heavy atom. The van der Waals surface area contributed by atoms with Crippen LogP contribution in [-0.2, 0) is 11.0 Å². The van der Waals surface area contributed by atoms with Gasteiger partial charge in [0.15, 0.2) is 5.78 Å². The molecule has 0 spiro atoms. The summed E-state index contributed by atoms with van der Waals surface area (Å²) >= 11 is 6.00. The summed E-state index contributed by atoms with van der Waals surface area (Å²) in [5.74, 6) is 0.447. The maximum absolute atomic E-state index is 13.4. The first-order valence-electron chi connectivity index (χ1n) is 9.99. The molecule has 2 aromatic heterocycles. The highest BCUT2D eigenvalue weighted by atomic mass is 35.5. The van der Waals surface area contributed by atoms with E-state index in [2.05, 4.69) is 14.7 Å². The zero-order valence-corrected chi connectivity index (χ0v) is 18.8. The molecular weight excluding hydrogens is 430 g/mol. The van der Waals surface area contributed by atoms with Crippen molar-refractivity contribution in [1.29, 1.82) is 0 Å². The summed E-state index contributed by atoms with van der Waals surface area (Å²) in [6, 6.07) is 14.9. The van der Waals surface area contributed by atoms with Gasteiger partial charge in [0.05, 0.1) is 0 Å². The van der Waals surface area contributed by atoms with E-state index < -0.39 is 11.0 Å². The summed E-state index contributed by atoms with van der Waals surface area (Å²) in [6.45, 7) is 3.87. The van der Waals surface area contributed by atoms with Crippen LogP contribution < -0.4 is 4.72 Å². The number of nitrogens with zero attached hydrogens (tertiary/aromatic N) is 1. The molecule has 4 aromatic rings. The van der Waals surface area contributed by atoms with Crippen LogP contribution in [0.15, 0.2) is 60.9 Å². The zero-order valence-electron chi connectivity index (χ0n) is 17.2. The third-order valence-electron chi connectivity index (χ3n) is 5.06. The Bertz CT molecular complexity index is 1280. The summed E-state index contributed by atoms with van der Waals surface area (Å²) in [5.41, 5.74) is 5.16. The largest absolute Gasteiger partial charge is 0.345 e. The summed E-state index contributed by atoms with van der Waals surface area (Å²) in [7, 11) is -1.17. The smallest absolute Gasteiger partial charge is 0.195 e. The van der Waals surface area contributed by atoms with E-state index in [9.17, 15) is 9.00 Å². The molecule has 0 amide bonds. The van der Waals surface area contributed by atoms with Crippen molar-refractivity contribution in [3.63, 3.8) is 0 Å². The van der Waals surface area contributed by atoms with Crippen molar-refractivity contribution in [3.05, 3.63) is 82.6 Å². The first-order chi connectivity index (χ1) is 15.0. The number of pyridine rings is 1. The summed E-state index contributed by atoms with van der Waals surface area (Å²) in [6.07, 6.45) is 4.28. The van der Waals surface area contributed by atoms with Crippen molar-refractivity contribution in [2.24, 2.45) is 0 Å². The molecule has 0 bridgehead atoms. The normalized spacial score (nSPS) is 12.1. The summed E-state index contributed by atoms with van der Waals surface area (Å²) in [5, 5.41) is 1.42. The molecule has 7 heteroatoms. The molecule has 158 valence electrons. The van der Waals surface area contributed by atoms with Crippen LogP contribution in [0.3, 0.4) is 0 Å². The van der Waals surface area contributed by atoms with Crippen molar-refractivity contribution < 1.29 is 9.00 Å². The number of hydrogen-bond donors (Lipinski definition) is 2. The van der Waals surface area contributed by atoms with Gasteiger partial charge in [0.2, 0.25) is 0 Å². The topological polar surface area (TPSA) is 74.8 Å². The third kappa shape index (κ3) is 4.55. The van der Waals surface area contributed by atoms with E-state index >= 15 is 0 Å². The fraction of sp³-hybridized carbons (Fsp3) is 0.167. The molecule has 0 saturated carbocycles. The molecule has 2 aromatic carbocycles. The highest BCUT2D eigenvalue weighted by Crippen LogP contribution is 2.28. The van der Waals surface area contributed by atoms with E-state index in [0.29, 0.717) is 33.2 Å². The van der Waals surface area contributed by atoms with Gasteiger partial charge < -0.3 is 9.71 Å². The van der Waals surface area contributed by atoms with Crippen LogP contribution in [0.5, 0.6) is 0 Å². The van der Waals surface area contributed by atoms with Crippen LogP contribution in [0, 0.1) is 6.92 Å². The second-order valence-electron chi connectivity index (χ2n) is 7.34. The number of anilines is 1. The van der Waals surface area contributed by atoms with Gasteiger partial charge in [-0.15, -0.1) is 0 Å². The Labute approximate surface area is 188 Å². The molecule has 4 rings (SSSR count). The molecule has 2 N–H and O–H groups in total. The van der Waals surface area contributed by atoms with Gasteiger partial charge >= 0.3 is 0 Å². The van der Waals surface area contributed by atoms with E-state index in [1.807, 2.05) is 56.3 Å². The number of carbonyl (C=O) groups is 1. The molecule has 1 atom stereocenters. The number of aromatic amines is 1. The SMILES string of the molecule is CCCS(=O)Nc1ccc(C)c(C(=O)c2c[nH]c3ncc(-c4ccc(Cl)cc4)cc23)c1. The lowest BCUT2D eigenvalue weighted by Gasteiger charge is -2.10. The van der Waals surface area contributed by atoms with Gasteiger partial charge in [0.1, 0.15) is 16.6 Å². The predicted molar refractivity (Wildman–Crippen MR) is 128 cm³/mol. The van der Waals surface area contributed by atoms with E-state index in [1.165, 1.54) is 0 Å². The van der Waals surface area contributed by atoms with E-state index in [4.69, 9.17) is 11.6 Å². The fourth-order valence-corrected chi connectivity index (χ4v) is 4.42. The average molecular weight is 452 g/mol. The number of aryl methyl sites for hydroxylation is 1. The molecular formula is C24H22ClN3O2S. The Morgan fingerprint density at radius 3 is 2.61 bits per heavy atom. The molecule has 2 heterocycles. The number of H-pyrrole nitrogens is 1. The molecule has 0 saturated heterocycles. The first kappa shape index (κ1) is 21.3. The van der Waals surface area contributed by atoms with Crippen molar-refractivity contribution in [2.45, 2.75) is 20.3 Å². The Balaban J connectivity index is 1.71. The average Bonchev–Trinajstić information content (AvgIpc) is 3.18. The van der Waals surface area contributed by atoms with Gasteiger partial charge in [0.25, 0.3) is 0 Å². The second kappa shape index (κ2) is 9.04. The standard InChI is InChI=1S/C24H22ClN3O2S/c1-3-10-31(30)28-19-9-4-15(2)20(12-19)23(29)22-14-27-24-21(22)11-17(13-26-24)16-5-7-18(25)8-6-16/h4-9,11-14,28H,3,10H2,1-2H3,(H,26,27). The number of aromatic nitrogens is 2. The molecule has 0 aliphatic heterocycles. The monoisotopic (exact) mass is 451 g/mol. The summed E-state index contributed by atoms with van der Waals surface area (Å²) < 4.78 is 15.0. The fourth-order valence-electron chi connectivity index (χ4n) is 3.43. The van der Waals surface area contributed by atoms with Gasteiger partial charge in [0, 0.05) is 50.9 Å². The lowest BCUT2D eigenvalue weighted by atomic mass is 9.97. The van der Waals surface area contributed by atoms with Gasteiger partial charge in [-0.05, 0) is 54.8 Å². The van der Waals surface area contributed by atoms with Gasteiger partial charge in [-0.25, -0.2) is 9.19 Å². The second-order valence-corrected chi connectivity index (χ2v) is 9.08. The van der Waals surface area contributed by atoms with E-state index in [0.717, 1.165) is 28.5 Å². The van der Waals surface area contributed by atoms with Gasteiger partial charge in [-0.3, -0.25) is 4.79 Å². The highest BCUT2D eigenvalue weighted by molar-refractivity contribution is 7.86. The number of nitrogens with one attached hydrogen (secondary N) is 2. The molecule has 0 aliphatic carbocycles. The third-order valence-corrected chi connectivity index (χ3v) is 6.55. The number of fused-ring (bicyclic) bond motifs is 1. The van der Waals surface area contributed by atoms with Gasteiger partial charge in [-0.1, -0.05) is 36.7 Å². The van der Waals surface area contributed by atoms with Gasteiger partial charge in [-0.2, -0.15) is 0 Å². The summed E-state index contributed by atoms with van der Waals surface area (Å²) in [4.78, 5) is 21.0. The molecule has 5 nitrogen and oxygen atoms in total. The number of halogens is 1. The van der Waals surface area contributed by atoms with Crippen LogP contribution in [-0.4, -0.2) is 25.7 Å². The van der Waals surface area contributed by atoms with Crippen LogP contribution in [0.2, 0.25) is 5.02 Å². The number of benzene rings is 2. The maximum atomic E-state index is 13.4. The highest BCUT2D eigenvalue weighted by Gasteiger charge is 2.18. The quantitative estimate of drug-likeness (QED) is 0.343. The lowest BCUT2D eigenvalue weighted by Crippen LogP contribution is -2.09. The molecule has 0 fully saturated rings. The minimum atomic E-state index is -1.17. The number of hydrogen-bond acceptors (Lipinski definition) is 3. The minimum absolute atomic E-state index is 0.108.